The van der Waals surface area contributed by atoms with Crippen LogP contribution in [-0.4, -0.2) is 18.0 Å². The zero-order valence-corrected chi connectivity index (χ0v) is 16.4. The fourth-order valence-corrected chi connectivity index (χ4v) is 2.66. The lowest BCUT2D eigenvalue weighted by Gasteiger charge is -2.14. The van der Waals surface area contributed by atoms with Gasteiger partial charge in [0.15, 0.2) is 6.10 Å². The summed E-state index contributed by atoms with van der Waals surface area (Å²) in [6.07, 6.45) is -0.0120. The Balaban J connectivity index is 1.59. The van der Waals surface area contributed by atoms with Crippen LogP contribution in [0.25, 0.3) is 0 Å². The second-order valence-electron chi connectivity index (χ2n) is 6.53. The first-order chi connectivity index (χ1) is 14.0. The van der Waals surface area contributed by atoms with Crippen molar-refractivity contribution in [2.45, 2.75) is 26.4 Å². The van der Waals surface area contributed by atoms with E-state index in [1.807, 2.05) is 54.6 Å². The van der Waals surface area contributed by atoms with Crippen molar-refractivity contribution >= 4 is 17.6 Å². The molecule has 0 aliphatic carbocycles. The van der Waals surface area contributed by atoms with Crippen LogP contribution >= 0.6 is 0 Å². The third-order valence-electron chi connectivity index (χ3n) is 4.33. The zero-order valence-electron chi connectivity index (χ0n) is 16.4. The second kappa shape index (κ2) is 9.55. The van der Waals surface area contributed by atoms with Crippen molar-refractivity contribution < 1.29 is 19.1 Å². The molecule has 0 aromatic heterocycles. The second-order valence-corrected chi connectivity index (χ2v) is 6.53. The number of hydrogen-bond donors (Lipinski definition) is 1. The number of nitrogens with one attached hydrogen (secondary N) is 1. The van der Waals surface area contributed by atoms with E-state index in [0.717, 1.165) is 6.42 Å². The highest BCUT2D eigenvalue weighted by atomic mass is 16.5. The van der Waals surface area contributed by atoms with Gasteiger partial charge in [0.25, 0.3) is 5.91 Å². The topological polar surface area (TPSA) is 64.6 Å². The lowest BCUT2D eigenvalue weighted by atomic mass is 10.1. The van der Waals surface area contributed by atoms with E-state index < -0.39 is 12.1 Å². The van der Waals surface area contributed by atoms with Gasteiger partial charge >= 0.3 is 5.97 Å². The zero-order chi connectivity index (χ0) is 20.6. The number of ether oxygens (including phenoxy) is 2. The van der Waals surface area contributed by atoms with Crippen molar-refractivity contribution in [2.75, 3.05) is 5.32 Å². The third-order valence-corrected chi connectivity index (χ3v) is 4.33. The molecule has 3 aromatic carbocycles. The Bertz CT molecular complexity index is 968. The van der Waals surface area contributed by atoms with E-state index in [1.54, 1.807) is 24.3 Å². The summed E-state index contributed by atoms with van der Waals surface area (Å²) in [6.45, 7) is 3.60. The van der Waals surface area contributed by atoms with Crippen molar-refractivity contribution in [1.29, 1.82) is 0 Å². The minimum atomic E-state index is -0.938. The third kappa shape index (κ3) is 5.69. The van der Waals surface area contributed by atoms with Gasteiger partial charge in [0.1, 0.15) is 11.5 Å². The van der Waals surface area contributed by atoms with Crippen LogP contribution in [0.1, 0.15) is 29.8 Å². The minimum Gasteiger partial charge on any atom is -0.457 e. The molecule has 3 aromatic rings. The SMILES string of the molecule is CCc1ccc(NC(=O)[C@@H](C)OC(=O)c2cccc(Oc3ccccc3)c2)cc1. The van der Waals surface area contributed by atoms with E-state index in [4.69, 9.17) is 9.47 Å². The van der Waals surface area contributed by atoms with Crippen molar-refractivity contribution in [3.8, 4) is 11.5 Å². The summed E-state index contributed by atoms with van der Waals surface area (Å²) in [4.78, 5) is 24.8. The number of esters is 1. The van der Waals surface area contributed by atoms with Crippen molar-refractivity contribution in [1.82, 2.24) is 0 Å². The van der Waals surface area contributed by atoms with E-state index >= 15 is 0 Å². The van der Waals surface area contributed by atoms with Gasteiger partial charge in [-0.25, -0.2) is 4.79 Å². The number of aryl methyl sites for hydroxylation is 1. The van der Waals surface area contributed by atoms with E-state index in [9.17, 15) is 9.59 Å². The molecule has 0 saturated heterocycles. The Morgan fingerprint density at radius 2 is 1.59 bits per heavy atom. The molecule has 0 radical (unpaired) electrons. The van der Waals surface area contributed by atoms with Gasteiger partial charge in [-0.05, 0) is 61.4 Å². The Kier molecular flexibility index (Phi) is 6.63. The normalized spacial score (nSPS) is 11.4. The maximum atomic E-state index is 12.4. The maximum absolute atomic E-state index is 12.4. The number of amides is 1. The van der Waals surface area contributed by atoms with Gasteiger partial charge in [0.05, 0.1) is 5.56 Å². The molecule has 0 bridgehead atoms. The van der Waals surface area contributed by atoms with Crippen LogP contribution in [0.15, 0.2) is 78.9 Å². The number of carbonyl (C=O) groups is 2. The molecule has 29 heavy (non-hydrogen) atoms. The smallest absolute Gasteiger partial charge is 0.339 e. The summed E-state index contributed by atoms with van der Waals surface area (Å²) in [7, 11) is 0. The molecule has 5 heteroatoms. The summed E-state index contributed by atoms with van der Waals surface area (Å²) in [5, 5.41) is 2.75. The summed E-state index contributed by atoms with van der Waals surface area (Å²) >= 11 is 0. The highest BCUT2D eigenvalue weighted by Crippen LogP contribution is 2.22. The molecule has 0 fully saturated rings. The van der Waals surface area contributed by atoms with Crippen LogP contribution in [0.3, 0.4) is 0 Å². The highest BCUT2D eigenvalue weighted by Gasteiger charge is 2.19. The molecule has 1 atom stereocenters. The molecule has 0 saturated carbocycles. The predicted molar refractivity (Wildman–Crippen MR) is 112 cm³/mol. The molecular weight excluding hydrogens is 366 g/mol. The molecule has 0 aliphatic heterocycles. The molecule has 0 unspecified atom stereocenters. The summed E-state index contributed by atoms with van der Waals surface area (Å²) in [6, 6.07) is 23.5. The number of anilines is 1. The fraction of sp³-hybridized carbons (Fsp3) is 0.167. The van der Waals surface area contributed by atoms with Crippen molar-refractivity contribution in [3.63, 3.8) is 0 Å². The summed E-state index contributed by atoms with van der Waals surface area (Å²) < 4.78 is 11.0. The monoisotopic (exact) mass is 389 g/mol. The summed E-state index contributed by atoms with van der Waals surface area (Å²) in [5.74, 6) is 0.199. The van der Waals surface area contributed by atoms with Gasteiger partial charge in [-0.2, -0.15) is 0 Å². The molecule has 0 aliphatic rings. The van der Waals surface area contributed by atoms with Crippen LogP contribution < -0.4 is 10.1 Å². The Morgan fingerprint density at radius 3 is 2.28 bits per heavy atom. The fourth-order valence-electron chi connectivity index (χ4n) is 2.66. The molecule has 0 spiro atoms. The number of para-hydroxylation sites is 1. The average molecular weight is 389 g/mol. The van der Waals surface area contributed by atoms with Crippen molar-refractivity contribution in [3.05, 3.63) is 90.0 Å². The molecule has 3 rings (SSSR count). The van der Waals surface area contributed by atoms with Crippen LogP contribution in [-0.2, 0) is 16.0 Å². The van der Waals surface area contributed by atoms with Gasteiger partial charge in [0, 0.05) is 5.69 Å². The minimum absolute atomic E-state index is 0.311. The van der Waals surface area contributed by atoms with Gasteiger partial charge in [-0.15, -0.1) is 0 Å². The summed E-state index contributed by atoms with van der Waals surface area (Å²) in [5.41, 5.74) is 2.15. The van der Waals surface area contributed by atoms with Gasteiger partial charge in [-0.3, -0.25) is 4.79 Å². The quantitative estimate of drug-likeness (QED) is 0.562. The van der Waals surface area contributed by atoms with Crippen LogP contribution in [0.4, 0.5) is 5.69 Å². The Labute approximate surface area is 170 Å². The van der Waals surface area contributed by atoms with Gasteiger partial charge in [0.2, 0.25) is 0 Å². The van der Waals surface area contributed by atoms with E-state index in [1.165, 1.54) is 12.5 Å². The predicted octanol–water partition coefficient (Wildman–Crippen LogP) is 5.23. The lowest BCUT2D eigenvalue weighted by Crippen LogP contribution is -2.30. The Morgan fingerprint density at radius 1 is 0.897 bits per heavy atom. The maximum Gasteiger partial charge on any atom is 0.339 e. The highest BCUT2D eigenvalue weighted by molar-refractivity contribution is 5.97. The van der Waals surface area contributed by atoms with Gasteiger partial charge in [-0.1, -0.05) is 43.3 Å². The molecule has 148 valence electrons. The first-order valence-electron chi connectivity index (χ1n) is 9.49. The van der Waals surface area contributed by atoms with Crippen LogP contribution in [0, 0.1) is 0 Å². The first kappa shape index (κ1) is 20.1. The van der Waals surface area contributed by atoms with Crippen molar-refractivity contribution in [2.24, 2.45) is 0 Å². The average Bonchev–Trinajstić information content (AvgIpc) is 2.75. The number of hydrogen-bond acceptors (Lipinski definition) is 4. The Hall–Kier alpha value is -3.60. The van der Waals surface area contributed by atoms with E-state index in [-0.39, 0.29) is 5.91 Å². The molecule has 1 amide bonds. The van der Waals surface area contributed by atoms with Crippen LogP contribution in [0.5, 0.6) is 11.5 Å². The largest absolute Gasteiger partial charge is 0.457 e. The molecule has 5 nitrogen and oxygen atoms in total. The number of carbonyl (C=O) groups excluding carboxylic acids is 2. The molecular formula is C24H23NO4. The van der Waals surface area contributed by atoms with E-state index in [2.05, 4.69) is 12.2 Å². The standard InChI is InChI=1S/C24H23NO4/c1-3-18-12-14-20(15-13-18)25-23(26)17(2)28-24(27)19-8-7-11-22(16-19)29-21-9-5-4-6-10-21/h4-17H,3H2,1-2H3,(H,25,26)/t17-/m1/s1. The first-order valence-corrected chi connectivity index (χ1v) is 9.49. The van der Waals surface area contributed by atoms with Gasteiger partial charge < -0.3 is 14.8 Å². The molecule has 1 N–H and O–H groups in total. The van der Waals surface area contributed by atoms with Crippen LogP contribution in [0.2, 0.25) is 0 Å². The number of benzene rings is 3. The number of rotatable bonds is 7. The van der Waals surface area contributed by atoms with E-state index in [0.29, 0.717) is 22.7 Å². The molecule has 0 heterocycles. The lowest BCUT2D eigenvalue weighted by molar-refractivity contribution is -0.123.